The van der Waals surface area contributed by atoms with Crippen LogP contribution in [-0.2, 0) is 0 Å². The second kappa shape index (κ2) is 5.08. The van der Waals surface area contributed by atoms with Gasteiger partial charge in [0.2, 0.25) is 0 Å². The van der Waals surface area contributed by atoms with E-state index in [4.69, 9.17) is 4.74 Å². The molecule has 1 aliphatic rings. The van der Waals surface area contributed by atoms with Gasteiger partial charge in [0.15, 0.2) is 0 Å². The molecule has 2 aromatic rings. The van der Waals surface area contributed by atoms with E-state index in [1.54, 1.807) is 11.3 Å². The number of rotatable bonds is 2. The zero-order valence-corrected chi connectivity index (χ0v) is 12.6. The van der Waals surface area contributed by atoms with Gasteiger partial charge in [-0.15, -0.1) is 0 Å². The summed E-state index contributed by atoms with van der Waals surface area (Å²) in [5.74, 6) is 1.77. The Bertz CT molecular complexity index is 585. The monoisotopic (exact) mass is 276 g/mol. The van der Waals surface area contributed by atoms with Crippen molar-refractivity contribution >= 4 is 21.7 Å². The first-order valence-electron chi connectivity index (χ1n) is 7.03. The van der Waals surface area contributed by atoms with E-state index in [1.165, 1.54) is 12.8 Å². The van der Waals surface area contributed by atoms with Crippen molar-refractivity contribution in [1.82, 2.24) is 9.97 Å². The number of ether oxygens (including phenoxy) is 1. The summed E-state index contributed by atoms with van der Waals surface area (Å²) in [4.78, 5) is 10.1. The summed E-state index contributed by atoms with van der Waals surface area (Å²) in [7, 11) is 0. The number of hydrogen-bond acceptors (Lipinski definition) is 4. The van der Waals surface area contributed by atoms with Crippen LogP contribution in [0.25, 0.3) is 10.3 Å². The molecule has 2 aromatic heterocycles. The predicted molar refractivity (Wildman–Crippen MR) is 78.9 cm³/mol. The van der Waals surface area contributed by atoms with Crippen molar-refractivity contribution in [2.45, 2.75) is 52.6 Å². The molecule has 0 bridgehead atoms. The van der Waals surface area contributed by atoms with Crippen molar-refractivity contribution in [3.63, 3.8) is 0 Å². The molecule has 0 N–H and O–H groups in total. The van der Waals surface area contributed by atoms with Gasteiger partial charge in [-0.2, -0.15) is 0 Å². The minimum Gasteiger partial charge on any atom is -0.488 e. The Morgan fingerprint density at radius 3 is 2.63 bits per heavy atom. The van der Waals surface area contributed by atoms with E-state index < -0.39 is 0 Å². The molecular weight excluding hydrogens is 256 g/mol. The molecule has 4 heteroatoms. The van der Waals surface area contributed by atoms with Crippen LogP contribution in [0.1, 0.15) is 43.3 Å². The van der Waals surface area contributed by atoms with E-state index in [0.717, 1.165) is 45.6 Å². The Labute approximate surface area is 118 Å². The Hall–Kier alpha value is -1.16. The molecule has 1 fully saturated rings. The Morgan fingerprint density at radius 2 is 1.89 bits per heavy atom. The maximum Gasteiger partial charge on any atom is 0.150 e. The normalized spacial score (nSPS) is 23.7. The molecule has 1 aliphatic carbocycles. The average molecular weight is 276 g/mol. The third-order valence-corrected chi connectivity index (χ3v) is 4.69. The number of pyridine rings is 1. The van der Waals surface area contributed by atoms with Crippen molar-refractivity contribution in [1.29, 1.82) is 0 Å². The van der Waals surface area contributed by atoms with Crippen LogP contribution in [0.5, 0.6) is 5.75 Å². The summed E-state index contributed by atoms with van der Waals surface area (Å²) in [5, 5.41) is 1.05. The van der Waals surface area contributed by atoms with Crippen LogP contribution >= 0.6 is 11.3 Å². The third kappa shape index (κ3) is 2.73. The number of thiazole rings is 1. The highest BCUT2D eigenvalue weighted by atomic mass is 32.1. The molecule has 3 nitrogen and oxygen atoms in total. The van der Waals surface area contributed by atoms with Gasteiger partial charge in [-0.05, 0) is 45.4 Å². The smallest absolute Gasteiger partial charge is 0.150 e. The predicted octanol–water partition coefficient (Wildman–Crippen LogP) is 4.27. The number of hydrogen-bond donors (Lipinski definition) is 0. The highest BCUT2D eigenvalue weighted by Gasteiger charge is 2.21. The van der Waals surface area contributed by atoms with Gasteiger partial charge in [0.1, 0.15) is 16.1 Å². The zero-order chi connectivity index (χ0) is 13.4. The fraction of sp³-hybridized carbons (Fsp3) is 0.600. The maximum absolute atomic E-state index is 6.22. The summed E-state index contributed by atoms with van der Waals surface area (Å²) >= 11 is 1.64. The highest BCUT2D eigenvalue weighted by molar-refractivity contribution is 7.18. The van der Waals surface area contributed by atoms with Crippen molar-refractivity contribution in [3.8, 4) is 5.75 Å². The quantitative estimate of drug-likeness (QED) is 0.821. The Balaban J connectivity index is 1.87. The van der Waals surface area contributed by atoms with Crippen molar-refractivity contribution in [2.24, 2.45) is 5.92 Å². The van der Waals surface area contributed by atoms with Gasteiger partial charge in [0, 0.05) is 11.8 Å². The third-order valence-electron chi connectivity index (χ3n) is 3.82. The van der Waals surface area contributed by atoms with Gasteiger partial charge in [-0.3, -0.25) is 0 Å². The lowest BCUT2D eigenvalue weighted by atomic mass is 9.89. The largest absolute Gasteiger partial charge is 0.488 e. The topological polar surface area (TPSA) is 35.0 Å². The molecule has 19 heavy (non-hydrogen) atoms. The Morgan fingerprint density at radius 1 is 1.16 bits per heavy atom. The lowest BCUT2D eigenvalue weighted by Gasteiger charge is -2.27. The lowest BCUT2D eigenvalue weighted by molar-refractivity contribution is 0.137. The van der Waals surface area contributed by atoms with Gasteiger partial charge in [0.25, 0.3) is 0 Å². The SMILES string of the molecule is Cc1cc(OC2CCC(C)CC2)c2nc(C)sc2n1. The number of aryl methyl sites for hydroxylation is 2. The summed E-state index contributed by atoms with van der Waals surface area (Å²) in [5.41, 5.74) is 1.95. The summed E-state index contributed by atoms with van der Waals surface area (Å²) in [6.45, 7) is 6.37. The van der Waals surface area contributed by atoms with E-state index in [1.807, 2.05) is 19.9 Å². The van der Waals surface area contributed by atoms with Crippen molar-refractivity contribution < 1.29 is 4.74 Å². The molecule has 0 spiro atoms. The second-order valence-electron chi connectivity index (χ2n) is 5.65. The van der Waals surface area contributed by atoms with Crippen LogP contribution in [0, 0.1) is 19.8 Å². The van der Waals surface area contributed by atoms with Gasteiger partial charge in [-0.25, -0.2) is 9.97 Å². The molecule has 3 rings (SSSR count). The second-order valence-corrected chi connectivity index (χ2v) is 6.83. The van der Waals surface area contributed by atoms with Crippen LogP contribution in [0.4, 0.5) is 0 Å². The molecule has 0 radical (unpaired) electrons. The van der Waals surface area contributed by atoms with Crippen LogP contribution in [0.15, 0.2) is 6.07 Å². The van der Waals surface area contributed by atoms with Crippen molar-refractivity contribution in [2.75, 3.05) is 0 Å². The number of fused-ring (bicyclic) bond motifs is 1. The molecule has 0 atom stereocenters. The fourth-order valence-corrected chi connectivity index (χ4v) is 3.57. The van der Waals surface area contributed by atoms with Crippen LogP contribution in [0.3, 0.4) is 0 Å². The van der Waals surface area contributed by atoms with E-state index in [2.05, 4.69) is 16.9 Å². The molecule has 0 aliphatic heterocycles. The first-order chi connectivity index (χ1) is 9.11. The minimum atomic E-state index is 0.350. The molecule has 0 aromatic carbocycles. The summed E-state index contributed by atoms with van der Waals surface area (Å²) < 4.78 is 6.22. The maximum atomic E-state index is 6.22. The molecular formula is C15H20N2OS. The van der Waals surface area contributed by atoms with Gasteiger partial charge in [-0.1, -0.05) is 18.3 Å². The Kier molecular flexibility index (Phi) is 3.44. The minimum absolute atomic E-state index is 0.350. The molecule has 0 saturated heterocycles. The number of aromatic nitrogens is 2. The molecule has 1 saturated carbocycles. The van der Waals surface area contributed by atoms with E-state index in [-0.39, 0.29) is 0 Å². The first kappa shape index (κ1) is 12.9. The summed E-state index contributed by atoms with van der Waals surface area (Å²) in [6, 6.07) is 2.03. The highest BCUT2D eigenvalue weighted by Crippen LogP contribution is 2.32. The van der Waals surface area contributed by atoms with Crippen molar-refractivity contribution in [3.05, 3.63) is 16.8 Å². The molecule has 2 heterocycles. The van der Waals surface area contributed by atoms with Crippen LogP contribution in [0.2, 0.25) is 0 Å². The number of nitrogens with zero attached hydrogens (tertiary/aromatic N) is 2. The molecule has 0 unspecified atom stereocenters. The van der Waals surface area contributed by atoms with Gasteiger partial charge < -0.3 is 4.74 Å². The van der Waals surface area contributed by atoms with Gasteiger partial charge in [0.05, 0.1) is 11.1 Å². The van der Waals surface area contributed by atoms with E-state index in [0.29, 0.717) is 6.10 Å². The lowest BCUT2D eigenvalue weighted by Crippen LogP contribution is -2.23. The van der Waals surface area contributed by atoms with Gasteiger partial charge >= 0.3 is 0 Å². The van der Waals surface area contributed by atoms with E-state index in [9.17, 15) is 0 Å². The fourth-order valence-electron chi connectivity index (χ4n) is 2.72. The average Bonchev–Trinajstić information content (AvgIpc) is 2.72. The van der Waals surface area contributed by atoms with Crippen LogP contribution in [-0.4, -0.2) is 16.1 Å². The van der Waals surface area contributed by atoms with Crippen LogP contribution < -0.4 is 4.74 Å². The molecule has 102 valence electrons. The first-order valence-corrected chi connectivity index (χ1v) is 7.85. The summed E-state index contributed by atoms with van der Waals surface area (Å²) in [6.07, 6.45) is 5.21. The molecule has 0 amide bonds. The van der Waals surface area contributed by atoms with E-state index >= 15 is 0 Å². The zero-order valence-electron chi connectivity index (χ0n) is 11.8. The standard InChI is InChI=1S/C15H20N2OS/c1-9-4-6-12(7-5-9)18-13-8-10(2)16-15-14(13)17-11(3)19-15/h8-9,12H,4-7H2,1-3H3.